The number of rotatable bonds is 7. The number of hydrogen-bond acceptors (Lipinski definition) is 4. The van der Waals surface area contributed by atoms with Gasteiger partial charge in [-0.2, -0.15) is 0 Å². The van der Waals surface area contributed by atoms with Crippen molar-refractivity contribution in [2.45, 2.75) is 39.3 Å². The van der Waals surface area contributed by atoms with Crippen LogP contribution in [0.15, 0.2) is 18.2 Å². The Kier molecular flexibility index (Phi) is 6.29. The molecule has 106 valence electrons. The number of carbonyl (C=O) groups excluding carboxylic acids is 1. The molecular formula is C14H20FNO3. The van der Waals surface area contributed by atoms with Crippen molar-refractivity contribution in [3.05, 3.63) is 29.6 Å². The lowest BCUT2D eigenvalue weighted by atomic mass is 10.1. The largest absolute Gasteiger partial charge is 0.478 e. The quantitative estimate of drug-likeness (QED) is 0.772. The number of ether oxygens (including phenoxy) is 2. The molecule has 1 aromatic rings. The van der Waals surface area contributed by atoms with Crippen LogP contribution in [0, 0.1) is 5.82 Å². The highest BCUT2D eigenvalue weighted by atomic mass is 19.1. The van der Waals surface area contributed by atoms with Gasteiger partial charge in [-0.15, -0.1) is 0 Å². The molecule has 0 aliphatic rings. The number of benzene rings is 1. The second kappa shape index (κ2) is 7.74. The molecule has 0 saturated heterocycles. The fourth-order valence-corrected chi connectivity index (χ4v) is 1.70. The van der Waals surface area contributed by atoms with Crippen molar-refractivity contribution in [2.24, 2.45) is 5.73 Å². The van der Waals surface area contributed by atoms with Gasteiger partial charge in [-0.1, -0.05) is 13.3 Å². The SMILES string of the molecule is CCCC(Oc1ccc(F)cc1CN)C(=O)OCC. The van der Waals surface area contributed by atoms with Gasteiger partial charge in [0.1, 0.15) is 11.6 Å². The summed E-state index contributed by atoms with van der Waals surface area (Å²) in [6.07, 6.45) is 0.642. The number of esters is 1. The van der Waals surface area contributed by atoms with Crippen LogP contribution in [0.25, 0.3) is 0 Å². The van der Waals surface area contributed by atoms with Gasteiger partial charge in [0.2, 0.25) is 0 Å². The molecule has 0 amide bonds. The monoisotopic (exact) mass is 269 g/mol. The molecule has 2 N–H and O–H groups in total. The first-order valence-electron chi connectivity index (χ1n) is 6.44. The zero-order chi connectivity index (χ0) is 14.3. The Labute approximate surface area is 112 Å². The predicted octanol–water partition coefficient (Wildman–Crippen LogP) is 2.40. The molecule has 4 nitrogen and oxygen atoms in total. The van der Waals surface area contributed by atoms with E-state index in [2.05, 4.69) is 0 Å². The Morgan fingerprint density at radius 1 is 1.42 bits per heavy atom. The van der Waals surface area contributed by atoms with E-state index in [-0.39, 0.29) is 12.4 Å². The molecule has 0 heterocycles. The zero-order valence-corrected chi connectivity index (χ0v) is 11.3. The summed E-state index contributed by atoms with van der Waals surface area (Å²) in [5.74, 6) is -0.358. The minimum Gasteiger partial charge on any atom is -0.478 e. The molecule has 0 saturated carbocycles. The lowest BCUT2D eigenvalue weighted by molar-refractivity contribution is -0.151. The summed E-state index contributed by atoms with van der Waals surface area (Å²) >= 11 is 0. The predicted molar refractivity (Wildman–Crippen MR) is 70.2 cm³/mol. The number of hydrogen-bond donors (Lipinski definition) is 1. The molecule has 1 atom stereocenters. The van der Waals surface area contributed by atoms with Gasteiger partial charge < -0.3 is 15.2 Å². The second-order valence-corrected chi connectivity index (χ2v) is 4.10. The standard InChI is InChI=1S/C14H20FNO3/c1-3-5-13(14(17)18-4-2)19-12-7-6-11(15)8-10(12)9-16/h6-8,13H,3-5,9,16H2,1-2H3. The van der Waals surface area contributed by atoms with Crippen LogP contribution in [0.5, 0.6) is 5.75 Å². The van der Waals surface area contributed by atoms with E-state index in [1.807, 2.05) is 6.92 Å². The molecule has 0 bridgehead atoms. The summed E-state index contributed by atoms with van der Waals surface area (Å²) in [4.78, 5) is 11.8. The number of nitrogens with two attached hydrogens (primary N) is 1. The van der Waals surface area contributed by atoms with Gasteiger partial charge in [0.15, 0.2) is 6.10 Å². The van der Waals surface area contributed by atoms with E-state index in [0.717, 1.165) is 6.42 Å². The van der Waals surface area contributed by atoms with Gasteiger partial charge in [0.25, 0.3) is 0 Å². The summed E-state index contributed by atoms with van der Waals surface area (Å²) in [6.45, 7) is 4.14. The van der Waals surface area contributed by atoms with Crippen LogP contribution in [0.4, 0.5) is 4.39 Å². The highest BCUT2D eigenvalue weighted by Crippen LogP contribution is 2.22. The summed E-state index contributed by atoms with van der Waals surface area (Å²) in [5.41, 5.74) is 6.07. The minimum atomic E-state index is -0.680. The van der Waals surface area contributed by atoms with E-state index in [9.17, 15) is 9.18 Å². The third kappa shape index (κ3) is 4.52. The smallest absolute Gasteiger partial charge is 0.347 e. The topological polar surface area (TPSA) is 61.5 Å². The average Bonchev–Trinajstić information content (AvgIpc) is 2.40. The number of carbonyl (C=O) groups is 1. The van der Waals surface area contributed by atoms with Crippen LogP contribution in [0.3, 0.4) is 0 Å². The summed E-state index contributed by atoms with van der Waals surface area (Å²) in [5, 5.41) is 0. The first-order chi connectivity index (χ1) is 9.12. The molecule has 0 aliphatic heterocycles. The highest BCUT2D eigenvalue weighted by Gasteiger charge is 2.21. The Morgan fingerprint density at radius 3 is 2.74 bits per heavy atom. The molecule has 1 unspecified atom stereocenters. The fourth-order valence-electron chi connectivity index (χ4n) is 1.70. The maximum absolute atomic E-state index is 13.1. The maximum Gasteiger partial charge on any atom is 0.347 e. The van der Waals surface area contributed by atoms with Crippen molar-refractivity contribution < 1.29 is 18.7 Å². The van der Waals surface area contributed by atoms with Gasteiger partial charge in [0.05, 0.1) is 6.61 Å². The first kappa shape index (κ1) is 15.4. The van der Waals surface area contributed by atoms with Gasteiger partial charge in [-0.3, -0.25) is 0 Å². The van der Waals surface area contributed by atoms with Crippen LogP contribution in [-0.2, 0) is 16.1 Å². The minimum absolute atomic E-state index is 0.148. The third-order valence-electron chi connectivity index (χ3n) is 2.61. The van der Waals surface area contributed by atoms with Crippen LogP contribution in [0.1, 0.15) is 32.3 Å². The van der Waals surface area contributed by atoms with Gasteiger partial charge >= 0.3 is 5.97 Å². The molecule has 0 aliphatic carbocycles. The molecule has 0 spiro atoms. The Hall–Kier alpha value is -1.62. The van der Waals surface area contributed by atoms with E-state index in [0.29, 0.717) is 24.3 Å². The van der Waals surface area contributed by atoms with Crippen LogP contribution >= 0.6 is 0 Å². The Balaban J connectivity index is 2.86. The van der Waals surface area contributed by atoms with Gasteiger partial charge in [-0.25, -0.2) is 9.18 Å². The summed E-state index contributed by atoms with van der Waals surface area (Å²) < 4.78 is 23.7. The van der Waals surface area contributed by atoms with Crippen molar-refractivity contribution in [1.29, 1.82) is 0 Å². The van der Waals surface area contributed by atoms with Crippen LogP contribution in [0.2, 0.25) is 0 Å². The fraction of sp³-hybridized carbons (Fsp3) is 0.500. The van der Waals surface area contributed by atoms with Crippen LogP contribution < -0.4 is 10.5 Å². The number of halogens is 1. The molecule has 0 aromatic heterocycles. The Morgan fingerprint density at radius 2 is 2.16 bits per heavy atom. The summed E-state index contributed by atoms with van der Waals surface area (Å²) in [7, 11) is 0. The van der Waals surface area contributed by atoms with E-state index in [1.165, 1.54) is 18.2 Å². The molecule has 1 rings (SSSR count). The first-order valence-corrected chi connectivity index (χ1v) is 6.44. The summed E-state index contributed by atoms with van der Waals surface area (Å²) in [6, 6.07) is 4.07. The van der Waals surface area contributed by atoms with E-state index in [4.69, 9.17) is 15.2 Å². The molecule has 0 fully saturated rings. The third-order valence-corrected chi connectivity index (χ3v) is 2.61. The highest BCUT2D eigenvalue weighted by molar-refractivity contribution is 5.75. The van der Waals surface area contributed by atoms with Gasteiger partial charge in [-0.05, 0) is 31.5 Å². The van der Waals surface area contributed by atoms with Crippen molar-refractivity contribution in [2.75, 3.05) is 6.61 Å². The molecule has 0 radical (unpaired) electrons. The van der Waals surface area contributed by atoms with Crippen molar-refractivity contribution in [3.63, 3.8) is 0 Å². The van der Waals surface area contributed by atoms with E-state index in [1.54, 1.807) is 6.92 Å². The Bertz CT molecular complexity index is 423. The molecule has 1 aromatic carbocycles. The lowest BCUT2D eigenvalue weighted by Gasteiger charge is -2.18. The molecule has 19 heavy (non-hydrogen) atoms. The zero-order valence-electron chi connectivity index (χ0n) is 11.3. The maximum atomic E-state index is 13.1. The average molecular weight is 269 g/mol. The normalized spacial score (nSPS) is 12.0. The lowest BCUT2D eigenvalue weighted by Crippen LogP contribution is -2.29. The molecule has 5 heteroatoms. The molecular weight excluding hydrogens is 249 g/mol. The van der Waals surface area contributed by atoms with Crippen molar-refractivity contribution in [1.82, 2.24) is 0 Å². The van der Waals surface area contributed by atoms with Crippen LogP contribution in [-0.4, -0.2) is 18.7 Å². The van der Waals surface area contributed by atoms with Gasteiger partial charge in [0, 0.05) is 12.1 Å². The van der Waals surface area contributed by atoms with Crippen molar-refractivity contribution >= 4 is 5.97 Å². The van der Waals surface area contributed by atoms with E-state index >= 15 is 0 Å². The van der Waals surface area contributed by atoms with E-state index < -0.39 is 12.1 Å². The second-order valence-electron chi connectivity index (χ2n) is 4.10. The van der Waals surface area contributed by atoms with Crippen molar-refractivity contribution in [3.8, 4) is 5.75 Å².